The molecule has 0 spiro atoms. The van der Waals surface area contributed by atoms with Gasteiger partial charge in [0.2, 0.25) is 0 Å². The van der Waals surface area contributed by atoms with Crippen LogP contribution in [0.3, 0.4) is 0 Å². The second kappa shape index (κ2) is 5.88. The first-order chi connectivity index (χ1) is 11.5. The Kier molecular flexibility index (Phi) is 3.83. The van der Waals surface area contributed by atoms with Crippen LogP contribution in [0.2, 0.25) is 0 Å². The lowest BCUT2D eigenvalue weighted by Crippen LogP contribution is -2.13. The van der Waals surface area contributed by atoms with Crippen molar-refractivity contribution in [3.63, 3.8) is 0 Å². The molecule has 0 aromatic heterocycles. The molecule has 1 heterocycles. The van der Waals surface area contributed by atoms with E-state index in [1.54, 1.807) is 24.3 Å². The van der Waals surface area contributed by atoms with E-state index in [9.17, 15) is 17.7 Å². The SMILES string of the molecule is [O-][S+]1c2cc(F)ccc2[SH](c2ccc(F)cc2)c2ccc(F)cc21. The highest BCUT2D eigenvalue weighted by molar-refractivity contribution is 8.18. The van der Waals surface area contributed by atoms with E-state index in [1.165, 1.54) is 36.4 Å². The minimum Gasteiger partial charge on any atom is -0.606 e. The van der Waals surface area contributed by atoms with Gasteiger partial charge in [0.05, 0.1) is 9.79 Å². The lowest BCUT2D eigenvalue weighted by atomic mass is 10.3. The van der Waals surface area contributed by atoms with Crippen molar-refractivity contribution in [2.75, 3.05) is 0 Å². The van der Waals surface area contributed by atoms with Gasteiger partial charge in [-0.1, -0.05) is 0 Å². The van der Waals surface area contributed by atoms with E-state index in [4.69, 9.17) is 0 Å². The van der Waals surface area contributed by atoms with Gasteiger partial charge in [-0.05, 0) is 53.4 Å². The van der Waals surface area contributed by atoms with Crippen LogP contribution in [0.25, 0.3) is 0 Å². The van der Waals surface area contributed by atoms with Crippen molar-refractivity contribution in [3.8, 4) is 0 Å². The molecule has 3 aromatic rings. The van der Waals surface area contributed by atoms with Crippen LogP contribution in [0.15, 0.2) is 85.1 Å². The van der Waals surface area contributed by atoms with Crippen LogP contribution in [0.4, 0.5) is 13.2 Å². The Balaban J connectivity index is 1.99. The average Bonchev–Trinajstić information content (AvgIpc) is 2.57. The average molecular weight is 364 g/mol. The molecule has 0 bridgehead atoms. The predicted molar refractivity (Wildman–Crippen MR) is 87.7 cm³/mol. The Hall–Kier alpha value is -1.89. The molecule has 1 aliphatic heterocycles. The highest BCUT2D eigenvalue weighted by Gasteiger charge is 2.35. The number of rotatable bonds is 1. The van der Waals surface area contributed by atoms with Gasteiger partial charge in [-0.15, -0.1) is 0 Å². The second-order valence-electron chi connectivity index (χ2n) is 5.30. The van der Waals surface area contributed by atoms with E-state index < -0.39 is 33.7 Å². The summed E-state index contributed by atoms with van der Waals surface area (Å²) in [7, 11) is -1.16. The predicted octanol–water partition coefficient (Wildman–Crippen LogP) is 5.06. The molecule has 0 fully saturated rings. The third kappa shape index (κ3) is 2.51. The molecule has 24 heavy (non-hydrogen) atoms. The molecule has 1 aliphatic rings. The third-order valence-electron chi connectivity index (χ3n) is 3.81. The molecule has 1 nitrogen and oxygen atoms in total. The maximum absolute atomic E-state index is 13.7. The van der Waals surface area contributed by atoms with Crippen molar-refractivity contribution in [1.29, 1.82) is 0 Å². The number of benzene rings is 3. The van der Waals surface area contributed by atoms with E-state index in [-0.39, 0.29) is 5.82 Å². The summed E-state index contributed by atoms with van der Waals surface area (Å²) in [5.41, 5.74) is 0. The zero-order valence-corrected chi connectivity index (χ0v) is 13.9. The number of hydrogen-bond acceptors (Lipinski definition) is 1. The van der Waals surface area contributed by atoms with Gasteiger partial charge in [0, 0.05) is 23.3 Å². The van der Waals surface area contributed by atoms with E-state index >= 15 is 0 Å². The fourth-order valence-corrected chi connectivity index (χ4v) is 7.28. The summed E-state index contributed by atoms with van der Waals surface area (Å²) >= 11 is -1.65. The topological polar surface area (TPSA) is 23.1 Å². The molecular weight excluding hydrogens is 353 g/mol. The van der Waals surface area contributed by atoms with Gasteiger partial charge in [0.1, 0.15) is 17.5 Å². The smallest absolute Gasteiger partial charge is 0.173 e. The van der Waals surface area contributed by atoms with Crippen molar-refractivity contribution in [1.82, 2.24) is 0 Å². The van der Waals surface area contributed by atoms with Gasteiger partial charge in [-0.2, -0.15) is 10.9 Å². The van der Waals surface area contributed by atoms with Crippen LogP contribution in [-0.2, 0) is 11.2 Å². The minimum atomic E-state index is -1.65. The second-order valence-corrected chi connectivity index (χ2v) is 8.87. The van der Waals surface area contributed by atoms with E-state index in [0.717, 1.165) is 14.7 Å². The molecule has 122 valence electrons. The quantitative estimate of drug-likeness (QED) is 0.473. The van der Waals surface area contributed by atoms with Crippen molar-refractivity contribution in [2.45, 2.75) is 24.5 Å². The van der Waals surface area contributed by atoms with Crippen LogP contribution in [0.1, 0.15) is 0 Å². The first kappa shape index (κ1) is 15.6. The molecule has 0 atom stereocenters. The van der Waals surface area contributed by atoms with E-state index in [1.807, 2.05) is 0 Å². The molecule has 0 radical (unpaired) electrons. The maximum atomic E-state index is 13.7. The summed E-state index contributed by atoms with van der Waals surface area (Å²) in [6.07, 6.45) is 0. The first-order valence-electron chi connectivity index (χ1n) is 7.11. The number of hydrogen-bond donors (Lipinski definition) is 1. The fraction of sp³-hybridized carbons (Fsp3) is 0. The van der Waals surface area contributed by atoms with Crippen LogP contribution >= 0.6 is 10.9 Å². The molecule has 0 saturated heterocycles. The molecule has 6 heteroatoms. The van der Waals surface area contributed by atoms with Crippen LogP contribution in [0, 0.1) is 17.5 Å². The third-order valence-corrected chi connectivity index (χ3v) is 8.14. The van der Waals surface area contributed by atoms with Gasteiger partial charge in [-0.3, -0.25) is 0 Å². The largest absolute Gasteiger partial charge is 0.606 e. The summed E-state index contributed by atoms with van der Waals surface area (Å²) in [5, 5.41) is 0. The number of thiol groups is 1. The molecule has 0 saturated carbocycles. The van der Waals surface area contributed by atoms with Crippen LogP contribution in [-0.4, -0.2) is 4.55 Å². The molecule has 4 rings (SSSR count). The molecular formula is C18H11F3OS2. The van der Waals surface area contributed by atoms with Crippen molar-refractivity contribution in [2.24, 2.45) is 0 Å². The summed E-state index contributed by atoms with van der Waals surface area (Å²) in [5.74, 6) is -1.33. The van der Waals surface area contributed by atoms with E-state index in [0.29, 0.717) is 9.79 Å². The highest BCUT2D eigenvalue weighted by Crippen LogP contribution is 2.59. The molecule has 3 aromatic carbocycles. The summed E-state index contributed by atoms with van der Waals surface area (Å²) in [6.45, 7) is 0. The van der Waals surface area contributed by atoms with Crippen molar-refractivity contribution in [3.05, 3.63) is 78.1 Å². The van der Waals surface area contributed by atoms with Crippen LogP contribution in [0.5, 0.6) is 0 Å². The van der Waals surface area contributed by atoms with Gasteiger partial charge >= 0.3 is 0 Å². The number of halogens is 3. The zero-order valence-electron chi connectivity index (χ0n) is 12.2. The van der Waals surface area contributed by atoms with Gasteiger partial charge in [-0.25, -0.2) is 13.2 Å². The first-order valence-corrected chi connectivity index (χ1v) is 9.60. The highest BCUT2D eigenvalue weighted by atomic mass is 32.2. The maximum Gasteiger partial charge on any atom is 0.173 e. The Labute approximate surface area is 142 Å². The standard InChI is InChI=1S/C18H11F3OS2/c19-11-1-5-14(6-2-11)23-15-7-3-12(20)9-17(15)24(22)18-10-13(21)4-8-16(18)23/h1-10,23H. The van der Waals surface area contributed by atoms with Gasteiger partial charge in [0.15, 0.2) is 9.79 Å². The zero-order chi connectivity index (χ0) is 16.8. The Bertz CT molecular complexity index is 875. The molecule has 0 amide bonds. The lowest BCUT2D eigenvalue weighted by molar-refractivity contribution is 0.578. The molecule has 0 N–H and O–H groups in total. The number of fused-ring (bicyclic) bond motifs is 2. The molecule has 0 aliphatic carbocycles. The Morgan fingerprint density at radius 1 is 0.667 bits per heavy atom. The van der Waals surface area contributed by atoms with Crippen LogP contribution < -0.4 is 0 Å². The Morgan fingerprint density at radius 3 is 1.62 bits per heavy atom. The summed E-state index contributed by atoms with van der Waals surface area (Å²) in [4.78, 5) is 3.03. The normalized spacial score (nSPS) is 20.3. The van der Waals surface area contributed by atoms with Crippen molar-refractivity contribution >= 4 is 22.1 Å². The van der Waals surface area contributed by atoms with Crippen molar-refractivity contribution < 1.29 is 17.7 Å². The van der Waals surface area contributed by atoms with Gasteiger partial charge < -0.3 is 4.55 Å². The minimum absolute atomic E-state index is 0.350. The van der Waals surface area contributed by atoms with E-state index in [2.05, 4.69) is 0 Å². The monoisotopic (exact) mass is 364 g/mol. The summed E-state index contributed by atoms with van der Waals surface area (Å²) < 4.78 is 53.4. The Morgan fingerprint density at radius 2 is 1.12 bits per heavy atom. The molecule has 0 unspecified atom stereocenters. The van der Waals surface area contributed by atoms with Gasteiger partial charge in [0.25, 0.3) is 0 Å². The fourth-order valence-electron chi connectivity index (χ4n) is 2.76. The summed E-state index contributed by atoms with van der Waals surface area (Å²) in [6, 6.07) is 14.4. The lowest BCUT2D eigenvalue weighted by Gasteiger charge is -2.31.